The Morgan fingerprint density at radius 1 is 1.56 bits per heavy atom. The summed E-state index contributed by atoms with van der Waals surface area (Å²) in [6.07, 6.45) is 1.03. The Morgan fingerprint density at radius 2 is 2.22 bits per heavy atom. The predicted molar refractivity (Wildman–Crippen MR) is 67.8 cm³/mol. The second kappa shape index (κ2) is 6.34. The number of hydrogen-bond donors (Lipinski definition) is 2. The van der Waals surface area contributed by atoms with E-state index in [1.54, 1.807) is 12.3 Å². The summed E-state index contributed by atoms with van der Waals surface area (Å²) in [4.78, 5) is 33.7. The van der Waals surface area contributed by atoms with Gasteiger partial charge in [0.2, 0.25) is 5.91 Å². The van der Waals surface area contributed by atoms with Crippen molar-refractivity contribution in [3.8, 4) is 0 Å². The number of carboxylic acid groups (broad SMARTS) is 1. The first-order valence-corrected chi connectivity index (χ1v) is 6.50. The maximum atomic E-state index is 11.7. The predicted octanol–water partition coefficient (Wildman–Crippen LogP) is 0.588. The van der Waals surface area contributed by atoms with Crippen LogP contribution in [0.4, 0.5) is 0 Å². The molecule has 1 aromatic rings. The van der Waals surface area contributed by atoms with E-state index >= 15 is 0 Å². The zero-order valence-electron chi connectivity index (χ0n) is 10.3. The summed E-state index contributed by atoms with van der Waals surface area (Å²) in [5, 5.41) is 13.0. The molecule has 0 radical (unpaired) electrons. The van der Waals surface area contributed by atoms with Crippen LogP contribution in [0, 0.1) is 6.92 Å². The van der Waals surface area contributed by atoms with Gasteiger partial charge in [-0.25, -0.2) is 4.79 Å². The van der Waals surface area contributed by atoms with Gasteiger partial charge in [-0.15, -0.1) is 0 Å². The van der Waals surface area contributed by atoms with Crippen molar-refractivity contribution in [3.05, 3.63) is 20.7 Å². The summed E-state index contributed by atoms with van der Waals surface area (Å²) in [5.41, 5.74) is 0.697. The van der Waals surface area contributed by atoms with E-state index in [-0.39, 0.29) is 11.4 Å². The lowest BCUT2D eigenvalue weighted by Gasteiger charge is -2.13. The normalized spacial score (nSPS) is 12.1. The van der Waals surface area contributed by atoms with E-state index in [1.807, 2.05) is 6.92 Å². The number of thiazole rings is 1. The maximum absolute atomic E-state index is 11.7. The number of rotatable bonds is 6. The zero-order chi connectivity index (χ0) is 13.7. The summed E-state index contributed by atoms with van der Waals surface area (Å²) in [6, 6.07) is -0.892. The van der Waals surface area contributed by atoms with Crippen molar-refractivity contribution in [1.82, 2.24) is 9.88 Å². The van der Waals surface area contributed by atoms with Crippen molar-refractivity contribution in [3.63, 3.8) is 0 Å². The van der Waals surface area contributed by atoms with Gasteiger partial charge in [0.1, 0.15) is 12.6 Å². The molecule has 7 heteroatoms. The van der Waals surface area contributed by atoms with E-state index in [1.165, 1.54) is 4.57 Å². The van der Waals surface area contributed by atoms with Crippen LogP contribution in [0.3, 0.4) is 0 Å². The van der Waals surface area contributed by atoms with Gasteiger partial charge in [0.15, 0.2) is 0 Å². The van der Waals surface area contributed by atoms with Crippen LogP contribution in [0.5, 0.6) is 0 Å². The fourth-order valence-corrected chi connectivity index (χ4v) is 2.26. The largest absolute Gasteiger partial charge is 0.480 e. The highest BCUT2D eigenvalue weighted by molar-refractivity contribution is 7.07. The lowest BCUT2D eigenvalue weighted by molar-refractivity contribution is -0.142. The van der Waals surface area contributed by atoms with Crippen LogP contribution in [0.2, 0.25) is 0 Å². The Morgan fingerprint density at radius 3 is 2.67 bits per heavy atom. The molecular formula is C11H16N2O4S. The highest BCUT2D eigenvalue weighted by Crippen LogP contribution is 2.00. The number of nitrogens with zero attached hydrogens (tertiary/aromatic N) is 1. The minimum Gasteiger partial charge on any atom is -0.480 e. The smallest absolute Gasteiger partial charge is 0.326 e. The number of nitrogens with one attached hydrogen (secondary N) is 1. The average molecular weight is 272 g/mol. The Labute approximate surface area is 108 Å². The third-order valence-electron chi connectivity index (χ3n) is 2.49. The van der Waals surface area contributed by atoms with E-state index in [9.17, 15) is 14.4 Å². The molecule has 2 N–H and O–H groups in total. The molecule has 0 fully saturated rings. The molecule has 6 nitrogen and oxygen atoms in total. The second-order valence-corrected chi connectivity index (χ2v) is 4.80. The van der Waals surface area contributed by atoms with Crippen LogP contribution >= 0.6 is 11.3 Å². The third-order valence-corrected chi connectivity index (χ3v) is 3.37. The molecule has 0 aromatic carbocycles. The van der Waals surface area contributed by atoms with Crippen molar-refractivity contribution in [1.29, 1.82) is 0 Å². The Hall–Kier alpha value is -1.63. The molecule has 0 saturated carbocycles. The number of hydrogen-bond acceptors (Lipinski definition) is 4. The van der Waals surface area contributed by atoms with Crippen molar-refractivity contribution in [2.75, 3.05) is 0 Å². The standard InChI is InChI=1S/C11H16N2O4S/c1-3-4-8(10(15)16)12-9(14)5-13-7(2)6-18-11(13)17/h6,8H,3-5H2,1-2H3,(H,12,14)(H,15,16)/t8-/m1/s1. The quantitative estimate of drug-likeness (QED) is 0.793. The Kier molecular flexibility index (Phi) is 5.08. The summed E-state index contributed by atoms with van der Waals surface area (Å²) in [5.74, 6) is -1.51. The van der Waals surface area contributed by atoms with Crippen LogP contribution in [0.1, 0.15) is 25.5 Å². The number of carbonyl (C=O) groups is 2. The van der Waals surface area contributed by atoms with E-state index in [4.69, 9.17) is 5.11 Å². The topological polar surface area (TPSA) is 88.4 Å². The molecule has 0 aliphatic heterocycles. The highest BCUT2D eigenvalue weighted by Gasteiger charge is 2.19. The van der Waals surface area contributed by atoms with Crippen molar-refractivity contribution >= 4 is 23.2 Å². The van der Waals surface area contributed by atoms with Gasteiger partial charge in [-0.1, -0.05) is 24.7 Å². The molecule has 0 aliphatic rings. The number of aliphatic carboxylic acids is 1. The maximum Gasteiger partial charge on any atom is 0.326 e. The number of carboxylic acids is 1. The first-order valence-electron chi connectivity index (χ1n) is 5.62. The first-order chi connectivity index (χ1) is 8.45. The van der Waals surface area contributed by atoms with E-state index in [2.05, 4.69) is 5.32 Å². The minimum atomic E-state index is -1.06. The summed E-state index contributed by atoms with van der Waals surface area (Å²) in [6.45, 7) is 3.43. The van der Waals surface area contributed by atoms with Crippen LogP contribution in [-0.4, -0.2) is 27.6 Å². The highest BCUT2D eigenvalue weighted by atomic mass is 32.1. The van der Waals surface area contributed by atoms with Crippen molar-refractivity contribution in [2.45, 2.75) is 39.3 Å². The number of aryl methyl sites for hydroxylation is 1. The summed E-state index contributed by atoms with van der Waals surface area (Å²) in [7, 11) is 0. The molecule has 0 saturated heterocycles. The number of aromatic nitrogens is 1. The molecule has 1 rings (SSSR count). The van der Waals surface area contributed by atoms with Crippen LogP contribution in [0.15, 0.2) is 10.2 Å². The molecule has 1 heterocycles. The summed E-state index contributed by atoms with van der Waals surface area (Å²) < 4.78 is 1.32. The molecule has 1 amide bonds. The molecule has 0 aliphatic carbocycles. The summed E-state index contributed by atoms with van der Waals surface area (Å²) >= 11 is 1.02. The number of carbonyl (C=O) groups excluding carboxylic acids is 1. The van der Waals surface area contributed by atoms with Gasteiger partial charge in [0, 0.05) is 11.1 Å². The van der Waals surface area contributed by atoms with Gasteiger partial charge in [-0.05, 0) is 13.3 Å². The Bertz CT molecular complexity index is 491. The molecule has 1 aromatic heterocycles. The van der Waals surface area contributed by atoms with Gasteiger partial charge in [0.05, 0.1) is 0 Å². The lowest BCUT2D eigenvalue weighted by atomic mass is 10.1. The third kappa shape index (κ3) is 3.69. The van der Waals surface area contributed by atoms with Gasteiger partial charge < -0.3 is 10.4 Å². The number of amides is 1. The molecule has 0 bridgehead atoms. The van der Waals surface area contributed by atoms with Gasteiger partial charge in [-0.2, -0.15) is 0 Å². The van der Waals surface area contributed by atoms with Crippen LogP contribution < -0.4 is 10.2 Å². The SMILES string of the molecule is CCC[C@@H](NC(=O)Cn1c(C)csc1=O)C(=O)O. The lowest BCUT2D eigenvalue weighted by Crippen LogP contribution is -2.43. The fraction of sp³-hybridized carbons (Fsp3) is 0.545. The van der Waals surface area contributed by atoms with E-state index in [0.717, 1.165) is 11.3 Å². The first kappa shape index (κ1) is 14.4. The van der Waals surface area contributed by atoms with Crippen molar-refractivity contribution in [2.24, 2.45) is 0 Å². The van der Waals surface area contributed by atoms with E-state index < -0.39 is 17.9 Å². The molecule has 18 heavy (non-hydrogen) atoms. The van der Waals surface area contributed by atoms with Gasteiger partial charge in [0.25, 0.3) is 0 Å². The van der Waals surface area contributed by atoms with Gasteiger partial charge in [-0.3, -0.25) is 14.2 Å². The molecule has 100 valence electrons. The molecule has 0 spiro atoms. The minimum absolute atomic E-state index is 0.137. The second-order valence-electron chi connectivity index (χ2n) is 3.98. The van der Waals surface area contributed by atoms with E-state index in [0.29, 0.717) is 18.5 Å². The van der Waals surface area contributed by atoms with Crippen LogP contribution in [0.25, 0.3) is 0 Å². The van der Waals surface area contributed by atoms with Crippen LogP contribution in [-0.2, 0) is 16.1 Å². The monoisotopic (exact) mass is 272 g/mol. The molecule has 0 unspecified atom stereocenters. The van der Waals surface area contributed by atoms with Gasteiger partial charge >= 0.3 is 10.8 Å². The fourth-order valence-electron chi connectivity index (χ4n) is 1.53. The molecular weight excluding hydrogens is 256 g/mol. The molecule has 1 atom stereocenters. The Balaban J connectivity index is 2.66. The zero-order valence-corrected chi connectivity index (χ0v) is 11.1. The van der Waals surface area contributed by atoms with Crippen molar-refractivity contribution < 1.29 is 14.7 Å². The average Bonchev–Trinajstić information content (AvgIpc) is 2.60.